The van der Waals surface area contributed by atoms with Crippen LogP contribution in [0.4, 0.5) is 11.4 Å². The normalized spacial score (nSPS) is 14.7. The second-order valence-electron chi connectivity index (χ2n) is 6.95. The van der Waals surface area contributed by atoms with Crippen molar-refractivity contribution in [3.8, 4) is 11.8 Å². The molecule has 1 amide bonds. The number of hydrogen-bond donors (Lipinski definition) is 1. The Morgan fingerprint density at radius 1 is 1.21 bits per heavy atom. The van der Waals surface area contributed by atoms with E-state index in [1.54, 1.807) is 25.3 Å². The van der Waals surface area contributed by atoms with Crippen LogP contribution in [0, 0.1) is 11.3 Å². The summed E-state index contributed by atoms with van der Waals surface area (Å²) < 4.78 is 5.27. The smallest absolute Gasteiger partial charge is 0.225 e. The zero-order chi connectivity index (χ0) is 20.6. The van der Waals surface area contributed by atoms with Gasteiger partial charge in [-0.05, 0) is 43.3 Å². The van der Waals surface area contributed by atoms with E-state index in [1.807, 2.05) is 24.3 Å². The van der Waals surface area contributed by atoms with Gasteiger partial charge in [-0.25, -0.2) is 0 Å². The number of benzene rings is 2. The highest BCUT2D eigenvalue weighted by Crippen LogP contribution is 2.27. The van der Waals surface area contributed by atoms with Crippen LogP contribution in [0.5, 0.6) is 5.75 Å². The number of ether oxygens (including phenoxy) is 1. The molecule has 2 aromatic rings. The molecule has 0 radical (unpaired) electrons. The minimum Gasteiger partial charge on any atom is -0.495 e. The Morgan fingerprint density at radius 3 is 2.83 bits per heavy atom. The number of hydrogen-bond acceptors (Lipinski definition) is 5. The largest absolute Gasteiger partial charge is 0.495 e. The third-order valence-electron chi connectivity index (χ3n) is 5.04. The molecule has 152 valence electrons. The Balaban J connectivity index is 1.52. The maximum Gasteiger partial charge on any atom is 0.225 e. The average Bonchev–Trinajstić information content (AvgIpc) is 2.98. The van der Waals surface area contributed by atoms with E-state index in [0.29, 0.717) is 35.0 Å². The van der Waals surface area contributed by atoms with Gasteiger partial charge in [0.1, 0.15) is 11.8 Å². The zero-order valence-corrected chi connectivity index (χ0v) is 17.3. The van der Waals surface area contributed by atoms with Crippen LogP contribution in [0.25, 0.3) is 0 Å². The number of nitrogens with one attached hydrogen (secondary N) is 1. The number of nitrogens with zero attached hydrogens (tertiary/aromatic N) is 3. The number of carbonyl (C=O) groups excluding carboxylic acids is 1. The molecule has 0 unspecified atom stereocenters. The van der Waals surface area contributed by atoms with Crippen LogP contribution >= 0.6 is 11.6 Å². The quantitative estimate of drug-likeness (QED) is 0.782. The number of methoxy groups -OCH3 is 1. The monoisotopic (exact) mass is 412 g/mol. The first kappa shape index (κ1) is 21.0. The molecule has 1 aliphatic heterocycles. The summed E-state index contributed by atoms with van der Waals surface area (Å²) in [5.41, 5.74) is 2.28. The molecule has 1 saturated heterocycles. The fourth-order valence-corrected chi connectivity index (χ4v) is 3.70. The summed E-state index contributed by atoms with van der Waals surface area (Å²) in [6.45, 7) is 4.21. The number of para-hydroxylation sites is 1. The van der Waals surface area contributed by atoms with Gasteiger partial charge in [-0.2, -0.15) is 5.26 Å². The molecule has 0 spiro atoms. The van der Waals surface area contributed by atoms with Crippen molar-refractivity contribution in [3.05, 3.63) is 53.1 Å². The summed E-state index contributed by atoms with van der Waals surface area (Å²) in [5, 5.41) is 12.8. The number of nitriles is 1. The second-order valence-corrected chi connectivity index (χ2v) is 7.39. The predicted molar refractivity (Wildman–Crippen MR) is 116 cm³/mol. The molecule has 2 aromatic carbocycles. The Bertz CT molecular complexity index is 897. The lowest BCUT2D eigenvalue weighted by atomic mass is 10.1. The van der Waals surface area contributed by atoms with Crippen LogP contribution in [0.1, 0.15) is 18.4 Å². The summed E-state index contributed by atoms with van der Waals surface area (Å²) in [5.74, 6) is 0.519. The first-order valence-corrected chi connectivity index (χ1v) is 10.1. The van der Waals surface area contributed by atoms with Crippen molar-refractivity contribution in [2.75, 3.05) is 50.1 Å². The lowest BCUT2D eigenvalue weighted by Gasteiger charge is -2.24. The van der Waals surface area contributed by atoms with Gasteiger partial charge in [-0.15, -0.1) is 0 Å². The molecule has 7 heteroatoms. The molecule has 6 nitrogen and oxygen atoms in total. The number of carbonyl (C=O) groups is 1. The predicted octanol–water partition coefficient (Wildman–Crippen LogP) is 3.76. The summed E-state index contributed by atoms with van der Waals surface area (Å²) >= 11 is 6.02. The number of rotatable bonds is 6. The van der Waals surface area contributed by atoms with Crippen molar-refractivity contribution in [1.29, 1.82) is 5.26 Å². The maximum absolute atomic E-state index is 12.4. The number of anilines is 2. The minimum absolute atomic E-state index is 0.0681. The highest BCUT2D eigenvalue weighted by atomic mass is 35.5. The molecule has 0 aromatic heterocycles. The Labute approximate surface area is 176 Å². The van der Waals surface area contributed by atoms with Crippen LogP contribution in [0.15, 0.2) is 42.5 Å². The van der Waals surface area contributed by atoms with Gasteiger partial charge < -0.3 is 19.9 Å². The molecule has 0 atom stereocenters. The van der Waals surface area contributed by atoms with Crippen LogP contribution < -0.4 is 15.0 Å². The van der Waals surface area contributed by atoms with Crippen molar-refractivity contribution in [2.24, 2.45) is 0 Å². The van der Waals surface area contributed by atoms with Gasteiger partial charge in [0.25, 0.3) is 0 Å². The highest BCUT2D eigenvalue weighted by molar-refractivity contribution is 6.31. The number of amides is 1. The molecule has 3 rings (SSSR count). The van der Waals surface area contributed by atoms with E-state index in [0.717, 1.165) is 38.3 Å². The fourth-order valence-electron chi connectivity index (χ4n) is 3.53. The first-order chi connectivity index (χ1) is 14.1. The van der Waals surface area contributed by atoms with Crippen LogP contribution in [0.3, 0.4) is 0 Å². The molecule has 0 saturated carbocycles. The van der Waals surface area contributed by atoms with Gasteiger partial charge in [0.05, 0.1) is 24.0 Å². The average molecular weight is 413 g/mol. The third-order valence-corrected chi connectivity index (χ3v) is 5.28. The summed E-state index contributed by atoms with van der Waals surface area (Å²) in [6.07, 6.45) is 1.38. The van der Waals surface area contributed by atoms with Gasteiger partial charge in [0.2, 0.25) is 5.91 Å². The lowest BCUT2D eigenvalue weighted by Crippen LogP contribution is -2.33. The Kier molecular flexibility index (Phi) is 7.34. The maximum atomic E-state index is 12.4. The SMILES string of the molecule is COc1ccc(Cl)cc1NC(=O)CCN1CCCN(c2ccccc2C#N)CC1. The molecule has 1 aliphatic rings. The Hall–Kier alpha value is -2.75. The summed E-state index contributed by atoms with van der Waals surface area (Å²) in [6, 6.07) is 15.1. The van der Waals surface area contributed by atoms with E-state index in [4.69, 9.17) is 16.3 Å². The lowest BCUT2D eigenvalue weighted by molar-refractivity contribution is -0.116. The molecule has 1 fully saturated rings. The second kappa shape index (κ2) is 10.1. The van der Waals surface area contributed by atoms with Gasteiger partial charge in [-0.1, -0.05) is 23.7 Å². The van der Waals surface area contributed by atoms with E-state index < -0.39 is 0 Å². The van der Waals surface area contributed by atoms with E-state index in [2.05, 4.69) is 21.2 Å². The van der Waals surface area contributed by atoms with E-state index in [-0.39, 0.29) is 5.91 Å². The zero-order valence-electron chi connectivity index (χ0n) is 16.5. The van der Waals surface area contributed by atoms with Gasteiger partial charge in [0, 0.05) is 37.6 Å². The van der Waals surface area contributed by atoms with Gasteiger partial charge >= 0.3 is 0 Å². The fraction of sp³-hybridized carbons (Fsp3) is 0.364. The molecule has 1 N–H and O–H groups in total. The van der Waals surface area contributed by atoms with Crippen molar-refractivity contribution in [3.63, 3.8) is 0 Å². The van der Waals surface area contributed by atoms with E-state index in [1.165, 1.54) is 0 Å². The molecule has 29 heavy (non-hydrogen) atoms. The Morgan fingerprint density at radius 2 is 2.03 bits per heavy atom. The van der Waals surface area contributed by atoms with Gasteiger partial charge in [0.15, 0.2) is 0 Å². The van der Waals surface area contributed by atoms with Crippen molar-refractivity contribution in [2.45, 2.75) is 12.8 Å². The standard InChI is InChI=1S/C22H25ClN4O2/c1-29-21-8-7-18(23)15-19(21)25-22(28)9-12-26-10-4-11-27(14-13-26)20-6-3-2-5-17(20)16-24/h2-3,5-8,15H,4,9-14H2,1H3,(H,25,28). The van der Waals surface area contributed by atoms with E-state index >= 15 is 0 Å². The number of halogens is 1. The topological polar surface area (TPSA) is 68.6 Å². The van der Waals surface area contributed by atoms with E-state index in [9.17, 15) is 10.1 Å². The molecular formula is C22H25ClN4O2. The van der Waals surface area contributed by atoms with Crippen LogP contribution in [0.2, 0.25) is 5.02 Å². The summed E-state index contributed by atoms with van der Waals surface area (Å²) in [4.78, 5) is 17.0. The third kappa shape index (κ3) is 5.63. The van der Waals surface area contributed by atoms with Gasteiger partial charge in [-0.3, -0.25) is 4.79 Å². The summed E-state index contributed by atoms with van der Waals surface area (Å²) in [7, 11) is 1.56. The molecule has 0 bridgehead atoms. The first-order valence-electron chi connectivity index (χ1n) is 9.70. The van der Waals surface area contributed by atoms with Crippen LogP contribution in [-0.2, 0) is 4.79 Å². The minimum atomic E-state index is -0.0681. The van der Waals surface area contributed by atoms with Crippen molar-refractivity contribution in [1.82, 2.24) is 4.90 Å². The molecule has 0 aliphatic carbocycles. The molecule has 1 heterocycles. The van der Waals surface area contributed by atoms with Crippen molar-refractivity contribution < 1.29 is 9.53 Å². The van der Waals surface area contributed by atoms with Crippen LogP contribution in [-0.4, -0.2) is 50.6 Å². The highest BCUT2D eigenvalue weighted by Gasteiger charge is 2.18. The molecular weight excluding hydrogens is 388 g/mol. The van der Waals surface area contributed by atoms with Crippen molar-refractivity contribution >= 4 is 28.9 Å².